The van der Waals surface area contributed by atoms with Gasteiger partial charge in [0.15, 0.2) is 5.17 Å². The second-order valence-corrected chi connectivity index (χ2v) is 9.12. The van der Waals surface area contributed by atoms with Crippen molar-refractivity contribution in [3.8, 4) is 0 Å². The van der Waals surface area contributed by atoms with Crippen molar-refractivity contribution >= 4 is 39.2 Å². The van der Waals surface area contributed by atoms with Crippen molar-refractivity contribution in [2.75, 3.05) is 18.4 Å². The quantitative estimate of drug-likeness (QED) is 0.484. The van der Waals surface area contributed by atoms with Gasteiger partial charge in [-0.05, 0) is 54.5 Å². The molecule has 1 amide bonds. The predicted molar refractivity (Wildman–Crippen MR) is 119 cm³/mol. The first-order chi connectivity index (χ1) is 13.2. The van der Waals surface area contributed by atoms with Crippen LogP contribution in [-0.2, 0) is 11.2 Å². The molecule has 148 valence electrons. The molecule has 0 bridgehead atoms. The predicted octanol–water partition coefficient (Wildman–Crippen LogP) is 6.02. The zero-order valence-corrected chi connectivity index (χ0v) is 18.2. The molecule has 6 heteroatoms. The van der Waals surface area contributed by atoms with Gasteiger partial charge >= 0.3 is 0 Å². The Bertz CT molecular complexity index is 708. The first-order valence-electron chi connectivity index (χ1n) is 10.3. The number of carbonyl (C=O) groups excluding carboxylic acids is 1. The Balaban J connectivity index is 1.59. The number of carbonyl (C=O) groups is 1. The normalized spacial score (nSPS) is 16.5. The number of hydrogen-bond donors (Lipinski definition) is 1. The van der Waals surface area contributed by atoms with Crippen LogP contribution < -0.4 is 5.32 Å². The largest absolute Gasteiger partial charge is 0.323 e. The van der Waals surface area contributed by atoms with Crippen molar-refractivity contribution in [2.45, 2.75) is 71.6 Å². The van der Waals surface area contributed by atoms with Gasteiger partial charge in [-0.1, -0.05) is 46.0 Å². The second-order valence-electron chi connectivity index (χ2n) is 7.23. The number of thiophene rings is 1. The van der Waals surface area contributed by atoms with E-state index >= 15 is 0 Å². The fourth-order valence-corrected chi connectivity index (χ4v) is 5.49. The van der Waals surface area contributed by atoms with Crippen LogP contribution in [0.25, 0.3) is 0 Å². The summed E-state index contributed by atoms with van der Waals surface area (Å²) >= 11 is 3.18. The Morgan fingerprint density at radius 1 is 1.19 bits per heavy atom. The van der Waals surface area contributed by atoms with Gasteiger partial charge < -0.3 is 10.2 Å². The third-order valence-electron chi connectivity index (χ3n) is 4.95. The summed E-state index contributed by atoms with van der Waals surface area (Å²) in [5, 5.41) is 7.28. The third kappa shape index (κ3) is 5.38. The van der Waals surface area contributed by atoms with Crippen LogP contribution in [0.2, 0.25) is 0 Å². The molecule has 4 nitrogen and oxygen atoms in total. The van der Waals surface area contributed by atoms with Crippen molar-refractivity contribution in [1.29, 1.82) is 0 Å². The minimum absolute atomic E-state index is 0.0249. The Morgan fingerprint density at radius 2 is 2.04 bits per heavy atom. The molecular formula is C21H31N3OS2. The average molecular weight is 406 g/mol. The van der Waals surface area contributed by atoms with Crippen LogP contribution >= 0.6 is 23.1 Å². The summed E-state index contributed by atoms with van der Waals surface area (Å²) in [6.45, 7) is 6.27. The Labute approximate surface area is 171 Å². The van der Waals surface area contributed by atoms with Crippen molar-refractivity contribution in [2.24, 2.45) is 4.99 Å². The van der Waals surface area contributed by atoms with Gasteiger partial charge in [0.1, 0.15) is 0 Å². The van der Waals surface area contributed by atoms with Crippen LogP contribution in [0.4, 0.5) is 5.00 Å². The molecule has 0 aliphatic carbocycles. The summed E-state index contributed by atoms with van der Waals surface area (Å²) in [6, 6.07) is 2.15. The first-order valence-corrected chi connectivity index (χ1v) is 12.0. The van der Waals surface area contributed by atoms with Gasteiger partial charge in [-0.25, -0.2) is 0 Å². The van der Waals surface area contributed by atoms with Crippen LogP contribution in [0.5, 0.6) is 0 Å². The molecule has 0 aromatic carbocycles. The molecule has 0 saturated heterocycles. The lowest BCUT2D eigenvalue weighted by Gasteiger charge is -2.25. The molecule has 0 radical (unpaired) electrons. The molecule has 0 fully saturated rings. The Hall–Kier alpha value is -1.27. The maximum Gasteiger partial charge on any atom is 0.264 e. The zero-order chi connectivity index (χ0) is 19.1. The average Bonchev–Trinajstić information content (AvgIpc) is 3.27. The van der Waals surface area contributed by atoms with E-state index < -0.39 is 0 Å². The minimum Gasteiger partial charge on any atom is -0.323 e. The van der Waals surface area contributed by atoms with Crippen LogP contribution in [0.3, 0.4) is 0 Å². The maximum atomic E-state index is 12.9. The summed E-state index contributed by atoms with van der Waals surface area (Å²) < 4.78 is 0. The van der Waals surface area contributed by atoms with Gasteiger partial charge in [0, 0.05) is 18.8 Å². The topological polar surface area (TPSA) is 44.7 Å². The number of unbranched alkanes of at least 4 members (excludes halogenated alkanes) is 4. The number of nitrogens with zero attached hydrogens (tertiary/aromatic N) is 2. The third-order valence-corrected chi connectivity index (χ3v) is 7.00. The van der Waals surface area contributed by atoms with Crippen molar-refractivity contribution in [3.63, 3.8) is 0 Å². The van der Waals surface area contributed by atoms with E-state index in [1.807, 2.05) is 0 Å². The number of aliphatic imine (C=N–C) groups is 1. The number of allylic oxidation sites excluding steroid dienone is 1. The number of amidine groups is 1. The van der Waals surface area contributed by atoms with Gasteiger partial charge in [-0.15, -0.1) is 11.3 Å². The van der Waals surface area contributed by atoms with E-state index in [9.17, 15) is 4.79 Å². The number of amides is 1. The van der Waals surface area contributed by atoms with E-state index in [-0.39, 0.29) is 5.91 Å². The molecule has 0 atom stereocenters. The van der Waals surface area contributed by atoms with Crippen LogP contribution in [-0.4, -0.2) is 29.1 Å². The number of aryl methyl sites for hydroxylation is 1. The summed E-state index contributed by atoms with van der Waals surface area (Å²) in [5.41, 5.74) is 2.50. The highest BCUT2D eigenvalue weighted by Crippen LogP contribution is 2.39. The van der Waals surface area contributed by atoms with Crippen molar-refractivity contribution in [3.05, 3.63) is 27.6 Å². The highest BCUT2D eigenvalue weighted by molar-refractivity contribution is 8.18. The molecule has 1 N–H and O–H groups in total. The van der Waals surface area contributed by atoms with Gasteiger partial charge in [0.25, 0.3) is 5.91 Å². The minimum atomic E-state index is 0.0249. The van der Waals surface area contributed by atoms with Gasteiger partial charge in [-0.2, -0.15) is 0 Å². The van der Waals surface area contributed by atoms with Gasteiger partial charge in [0.05, 0.1) is 9.91 Å². The number of fused-ring (bicyclic) bond motifs is 1. The summed E-state index contributed by atoms with van der Waals surface area (Å²) in [4.78, 5) is 20.6. The summed E-state index contributed by atoms with van der Waals surface area (Å²) in [5.74, 6) is 0.0249. The highest BCUT2D eigenvalue weighted by atomic mass is 32.2. The molecule has 3 rings (SSSR count). The van der Waals surface area contributed by atoms with Crippen LogP contribution in [0, 0.1) is 0 Å². The standard InChI is InChI=1S/C21H31N3OS2/c1-3-5-6-7-8-11-16-14-18(26-15-16)23-20(25)19-17(10-4-2)24-13-9-12-22-21(24)27-19/h14-15H,3-13H2,1-2H3,(H,23,25). The van der Waals surface area contributed by atoms with E-state index in [1.165, 1.54) is 37.7 Å². The fraction of sp³-hybridized carbons (Fsp3) is 0.619. The second kappa shape index (κ2) is 10.3. The van der Waals surface area contributed by atoms with Gasteiger partial charge in [0.2, 0.25) is 0 Å². The molecular weight excluding hydrogens is 374 g/mol. The maximum absolute atomic E-state index is 12.9. The molecule has 2 aliphatic heterocycles. The van der Waals surface area contributed by atoms with Gasteiger partial charge in [-0.3, -0.25) is 9.79 Å². The zero-order valence-electron chi connectivity index (χ0n) is 16.6. The lowest BCUT2D eigenvalue weighted by atomic mass is 10.1. The van der Waals surface area contributed by atoms with E-state index in [2.05, 4.69) is 40.5 Å². The van der Waals surface area contributed by atoms with Crippen LogP contribution in [0.1, 0.15) is 70.8 Å². The smallest absolute Gasteiger partial charge is 0.264 e. The lowest BCUT2D eigenvalue weighted by molar-refractivity contribution is -0.112. The lowest BCUT2D eigenvalue weighted by Crippen LogP contribution is -2.29. The van der Waals surface area contributed by atoms with Crippen molar-refractivity contribution in [1.82, 2.24) is 4.90 Å². The Morgan fingerprint density at radius 3 is 2.85 bits per heavy atom. The molecule has 2 aliphatic rings. The monoisotopic (exact) mass is 405 g/mol. The first kappa shape index (κ1) is 20.5. The van der Waals surface area contributed by atoms with Crippen molar-refractivity contribution < 1.29 is 4.79 Å². The number of hydrogen-bond acceptors (Lipinski definition) is 5. The van der Waals surface area contributed by atoms with E-state index in [0.29, 0.717) is 0 Å². The molecule has 0 spiro atoms. The number of rotatable bonds is 10. The summed E-state index contributed by atoms with van der Waals surface area (Å²) in [6.07, 6.45) is 10.6. The highest BCUT2D eigenvalue weighted by Gasteiger charge is 2.33. The molecule has 27 heavy (non-hydrogen) atoms. The van der Waals surface area contributed by atoms with E-state index in [4.69, 9.17) is 0 Å². The Kier molecular flexibility index (Phi) is 7.82. The molecule has 1 aromatic heterocycles. The summed E-state index contributed by atoms with van der Waals surface area (Å²) in [7, 11) is 0. The van der Waals surface area contributed by atoms with E-state index in [0.717, 1.165) is 59.5 Å². The number of anilines is 1. The molecule has 0 saturated carbocycles. The molecule has 0 unspecified atom stereocenters. The fourth-order valence-electron chi connectivity index (χ4n) is 3.53. The SMILES string of the molecule is CCCCCCCc1csc(NC(=O)C2=C(CCC)N3CCCN=C3S2)c1. The number of thioether (sulfide) groups is 1. The van der Waals surface area contributed by atoms with Crippen LogP contribution in [0.15, 0.2) is 27.0 Å². The number of nitrogens with one attached hydrogen (secondary N) is 1. The molecule has 1 aromatic rings. The molecule has 3 heterocycles. The van der Waals surface area contributed by atoms with E-state index in [1.54, 1.807) is 23.1 Å².